The molecule has 0 aromatic heterocycles. The lowest BCUT2D eigenvalue weighted by Gasteiger charge is -1.78. The molecule has 1 heteroatoms. The molecule has 0 radical (unpaired) electrons. The summed E-state index contributed by atoms with van der Waals surface area (Å²) in [5.74, 6) is 0. The van der Waals surface area contributed by atoms with Crippen molar-refractivity contribution in [3.8, 4) is 0 Å². The molecule has 46 valence electrons. The second-order valence-electron chi connectivity index (χ2n) is 1.35. The van der Waals surface area contributed by atoms with Gasteiger partial charge in [0, 0.05) is 9.52 Å². The van der Waals surface area contributed by atoms with Crippen LogP contribution >= 0.6 is 0 Å². The molecule has 0 aromatic rings. The van der Waals surface area contributed by atoms with Crippen molar-refractivity contribution in [1.82, 2.24) is 0 Å². The van der Waals surface area contributed by atoms with Gasteiger partial charge in [0.05, 0.1) is 0 Å². The van der Waals surface area contributed by atoms with Gasteiger partial charge in [-0.05, 0) is 0 Å². The van der Waals surface area contributed by atoms with Crippen LogP contribution in [0.25, 0.3) is 0 Å². The fourth-order valence-electron chi connectivity index (χ4n) is 0.354. The summed E-state index contributed by atoms with van der Waals surface area (Å²) >= 11 is 0. The van der Waals surface area contributed by atoms with Gasteiger partial charge in [0.1, 0.15) is 0 Å². The van der Waals surface area contributed by atoms with Crippen molar-refractivity contribution >= 4 is 9.52 Å². The van der Waals surface area contributed by atoms with Gasteiger partial charge < -0.3 is 0 Å². The molecule has 0 atom stereocenters. The highest BCUT2D eigenvalue weighted by molar-refractivity contribution is 6.33. The van der Waals surface area contributed by atoms with Crippen LogP contribution < -0.4 is 0 Å². The number of hydrogen-bond acceptors (Lipinski definition) is 0. The Kier molecular flexibility index (Phi) is 23.9. The van der Waals surface area contributed by atoms with Crippen molar-refractivity contribution in [2.45, 2.75) is 39.8 Å². The summed E-state index contributed by atoms with van der Waals surface area (Å²) in [7, 11) is 0.414. The SMILES string of the molecule is CC.CCC[SiH2]C. The Bertz CT molecular complexity index is 11.7. The largest absolute Gasteiger partial charge is 0.0748 e. The van der Waals surface area contributed by atoms with Crippen molar-refractivity contribution in [3.63, 3.8) is 0 Å². The minimum absolute atomic E-state index is 0.414. The average molecular weight is 118 g/mol. The summed E-state index contributed by atoms with van der Waals surface area (Å²) in [6.07, 6.45) is 1.41. The van der Waals surface area contributed by atoms with E-state index in [0.717, 1.165) is 0 Å². The standard InChI is InChI=1S/C4H12Si.C2H6/c1-3-4-5-2;1-2/h3-5H2,1-2H3;1-2H3. The molecular weight excluding hydrogens is 100 g/mol. The van der Waals surface area contributed by atoms with Crippen molar-refractivity contribution in [1.29, 1.82) is 0 Å². The highest BCUT2D eigenvalue weighted by atomic mass is 28.2. The Hall–Kier alpha value is 0.217. The maximum atomic E-state index is 2.35. The molecule has 0 saturated carbocycles. The van der Waals surface area contributed by atoms with E-state index in [1.807, 2.05) is 13.8 Å². The van der Waals surface area contributed by atoms with E-state index in [1.165, 1.54) is 12.5 Å². The number of hydrogen-bond donors (Lipinski definition) is 0. The summed E-state index contributed by atoms with van der Waals surface area (Å²) in [5.41, 5.74) is 0. The summed E-state index contributed by atoms with van der Waals surface area (Å²) < 4.78 is 0. The first-order chi connectivity index (χ1) is 3.41. The third-order valence-corrected chi connectivity index (χ3v) is 2.12. The van der Waals surface area contributed by atoms with Gasteiger partial charge in [-0.1, -0.05) is 39.8 Å². The molecule has 0 fully saturated rings. The molecule has 0 aliphatic carbocycles. The molecule has 7 heavy (non-hydrogen) atoms. The van der Waals surface area contributed by atoms with Gasteiger partial charge in [-0.25, -0.2) is 0 Å². The van der Waals surface area contributed by atoms with E-state index >= 15 is 0 Å². The van der Waals surface area contributed by atoms with Crippen molar-refractivity contribution in [3.05, 3.63) is 0 Å². The first-order valence-electron chi connectivity index (χ1n) is 3.41. The van der Waals surface area contributed by atoms with E-state index in [0.29, 0.717) is 9.52 Å². The van der Waals surface area contributed by atoms with E-state index in [2.05, 4.69) is 13.5 Å². The maximum absolute atomic E-state index is 2.35. The van der Waals surface area contributed by atoms with Gasteiger partial charge in [-0.2, -0.15) is 0 Å². The zero-order valence-corrected chi connectivity index (χ0v) is 7.54. The maximum Gasteiger partial charge on any atom is 0.0166 e. The van der Waals surface area contributed by atoms with Crippen molar-refractivity contribution in [2.24, 2.45) is 0 Å². The predicted octanol–water partition coefficient (Wildman–Crippen LogP) is 2.06. The van der Waals surface area contributed by atoms with E-state index in [4.69, 9.17) is 0 Å². The van der Waals surface area contributed by atoms with Gasteiger partial charge in [-0.15, -0.1) is 0 Å². The summed E-state index contributed by atoms with van der Waals surface area (Å²) in [5, 5.41) is 0. The fraction of sp³-hybridized carbons (Fsp3) is 1.00. The molecule has 0 rings (SSSR count). The Morgan fingerprint density at radius 1 is 1.29 bits per heavy atom. The van der Waals surface area contributed by atoms with Crippen LogP contribution in [0.15, 0.2) is 0 Å². The van der Waals surface area contributed by atoms with Gasteiger partial charge in [-0.3, -0.25) is 0 Å². The van der Waals surface area contributed by atoms with Crippen LogP contribution in [0.1, 0.15) is 27.2 Å². The first-order valence-corrected chi connectivity index (χ1v) is 5.83. The quantitative estimate of drug-likeness (QED) is 0.487. The third kappa shape index (κ3) is 22.5. The molecule has 0 N–H and O–H groups in total. The third-order valence-electron chi connectivity index (χ3n) is 0.707. The zero-order chi connectivity index (χ0) is 6.12. The molecule has 0 spiro atoms. The van der Waals surface area contributed by atoms with E-state index in [1.54, 1.807) is 0 Å². The van der Waals surface area contributed by atoms with E-state index < -0.39 is 0 Å². The molecule has 0 unspecified atom stereocenters. The fourth-order valence-corrected chi connectivity index (χ4v) is 1.06. The summed E-state index contributed by atoms with van der Waals surface area (Å²) in [6, 6.07) is 1.53. The van der Waals surface area contributed by atoms with Gasteiger partial charge in [0.15, 0.2) is 0 Å². The molecular formula is C6H18Si. The lowest BCUT2D eigenvalue weighted by Crippen LogP contribution is -1.73. The van der Waals surface area contributed by atoms with Crippen LogP contribution in [0.3, 0.4) is 0 Å². The highest BCUT2D eigenvalue weighted by Crippen LogP contribution is 1.81. The van der Waals surface area contributed by atoms with E-state index in [-0.39, 0.29) is 0 Å². The van der Waals surface area contributed by atoms with Crippen molar-refractivity contribution < 1.29 is 0 Å². The molecule has 0 aromatic carbocycles. The van der Waals surface area contributed by atoms with Crippen LogP contribution in [0.4, 0.5) is 0 Å². The predicted molar refractivity (Wildman–Crippen MR) is 40.9 cm³/mol. The molecule has 0 nitrogen and oxygen atoms in total. The Morgan fingerprint density at radius 2 is 1.71 bits per heavy atom. The monoisotopic (exact) mass is 118 g/mol. The average Bonchev–Trinajstić information content (AvgIpc) is 1.75. The lowest BCUT2D eigenvalue weighted by molar-refractivity contribution is 1.07. The molecule has 0 bridgehead atoms. The van der Waals surface area contributed by atoms with Gasteiger partial charge in [0.25, 0.3) is 0 Å². The summed E-state index contributed by atoms with van der Waals surface area (Å²) in [6.45, 7) is 8.60. The van der Waals surface area contributed by atoms with Crippen molar-refractivity contribution in [2.75, 3.05) is 0 Å². The molecule has 0 aliphatic rings. The Balaban J connectivity index is 0. The lowest BCUT2D eigenvalue weighted by atomic mass is 10.6. The van der Waals surface area contributed by atoms with Gasteiger partial charge >= 0.3 is 0 Å². The van der Waals surface area contributed by atoms with Crippen LogP contribution in [0, 0.1) is 0 Å². The highest BCUT2D eigenvalue weighted by Gasteiger charge is 1.69. The van der Waals surface area contributed by atoms with Gasteiger partial charge in [0.2, 0.25) is 0 Å². The van der Waals surface area contributed by atoms with Crippen LogP contribution in [0.5, 0.6) is 0 Å². The minimum atomic E-state index is 0.414. The number of rotatable bonds is 2. The molecule has 0 heterocycles. The second-order valence-corrected chi connectivity index (χ2v) is 3.06. The molecule has 0 aliphatic heterocycles. The first kappa shape index (κ1) is 10.2. The van der Waals surface area contributed by atoms with E-state index in [9.17, 15) is 0 Å². The molecule has 0 saturated heterocycles. The van der Waals surface area contributed by atoms with Crippen LogP contribution in [0.2, 0.25) is 12.6 Å². The zero-order valence-electron chi connectivity index (χ0n) is 6.12. The Morgan fingerprint density at radius 3 is 1.71 bits per heavy atom. The topological polar surface area (TPSA) is 0 Å². The minimum Gasteiger partial charge on any atom is -0.0748 e. The normalized spacial score (nSPS) is 8.57. The summed E-state index contributed by atoms with van der Waals surface area (Å²) in [4.78, 5) is 0. The molecule has 0 amide bonds. The van der Waals surface area contributed by atoms with Crippen LogP contribution in [-0.2, 0) is 0 Å². The Labute approximate surface area is 50.1 Å². The second kappa shape index (κ2) is 16.4. The smallest absolute Gasteiger partial charge is 0.0166 e. The van der Waals surface area contributed by atoms with Crippen LogP contribution in [-0.4, -0.2) is 9.52 Å².